The molecule has 3 amide bonds. The number of β-lactam (4-membered cyclic amide) rings is 1. The van der Waals surface area contributed by atoms with Crippen LogP contribution in [0.1, 0.15) is 32.3 Å². The van der Waals surface area contributed by atoms with E-state index in [9.17, 15) is 24.3 Å². The van der Waals surface area contributed by atoms with Gasteiger partial charge in [-0.3, -0.25) is 19.8 Å². The van der Waals surface area contributed by atoms with E-state index in [0.717, 1.165) is 33.4 Å². The number of nitrogens with one attached hydrogen (secondary N) is 2. The molecule has 0 spiro atoms. The van der Waals surface area contributed by atoms with Crippen molar-refractivity contribution in [1.29, 1.82) is 0 Å². The molecule has 1 saturated heterocycles. The fraction of sp³-hybridized carbons (Fsp3) is 0.381. The Morgan fingerprint density at radius 2 is 2.02 bits per heavy atom. The number of carboxylic acid groups (broad SMARTS) is 1. The summed E-state index contributed by atoms with van der Waals surface area (Å²) in [6.07, 6.45) is -0.756. The first kappa shape index (κ1) is 29.9. The molecule has 0 radical (unpaired) electrons. The van der Waals surface area contributed by atoms with Crippen LogP contribution in [0.15, 0.2) is 15.6 Å². The van der Waals surface area contributed by atoms with Gasteiger partial charge < -0.3 is 15.2 Å². The van der Waals surface area contributed by atoms with E-state index in [-0.39, 0.29) is 39.2 Å². The van der Waals surface area contributed by atoms with Gasteiger partial charge in [0.05, 0.1) is 11.3 Å². The van der Waals surface area contributed by atoms with E-state index in [0.29, 0.717) is 0 Å². The maximum atomic E-state index is 13.5. The van der Waals surface area contributed by atoms with Gasteiger partial charge in [-0.05, 0) is 31.2 Å². The molecule has 4 rings (SSSR count). The maximum absolute atomic E-state index is 13.5. The van der Waals surface area contributed by atoms with Gasteiger partial charge in [0.1, 0.15) is 21.2 Å². The number of carboxylic acids is 1. The molecular formula is C21H20Cl2N8O6S3. The summed E-state index contributed by atoms with van der Waals surface area (Å²) in [4.78, 5) is 56.4. The lowest BCUT2D eigenvalue weighted by Gasteiger charge is -2.55. The van der Waals surface area contributed by atoms with Gasteiger partial charge in [-0.25, -0.2) is 19.3 Å². The smallest absolute Gasteiger partial charge is 0.413 e. The molecule has 2 aliphatic rings. The lowest BCUT2D eigenvalue weighted by molar-refractivity contribution is -0.153. The largest absolute Gasteiger partial charge is 0.477 e. The summed E-state index contributed by atoms with van der Waals surface area (Å²) in [7, 11) is 1.54. The Balaban J connectivity index is 1.59. The number of tetrazole rings is 1. The predicted octanol–water partition coefficient (Wildman–Crippen LogP) is 2.43. The molecule has 14 nitrogen and oxygen atoms in total. The number of halogens is 2. The van der Waals surface area contributed by atoms with Crippen LogP contribution in [0.4, 0.5) is 9.93 Å². The predicted molar refractivity (Wildman–Crippen MR) is 152 cm³/mol. The third kappa shape index (κ3) is 5.43. The molecule has 1 fully saturated rings. The topological polar surface area (TPSA) is 182 Å². The number of hydrogen-bond acceptors (Lipinski definition) is 12. The second-order valence-electron chi connectivity index (χ2n) is 9.34. The number of thiazole rings is 1. The zero-order valence-electron chi connectivity index (χ0n) is 21.1. The molecular weight excluding hydrogens is 627 g/mol. The van der Waals surface area contributed by atoms with E-state index in [1.165, 1.54) is 17.1 Å². The van der Waals surface area contributed by atoms with Gasteiger partial charge in [0.25, 0.3) is 11.8 Å². The van der Waals surface area contributed by atoms with E-state index in [1.54, 1.807) is 20.8 Å². The number of hydrogen-bond donors (Lipinski definition) is 3. The van der Waals surface area contributed by atoms with Crippen molar-refractivity contribution in [3.63, 3.8) is 0 Å². The normalized spacial score (nSPS) is 20.3. The first-order valence-electron chi connectivity index (χ1n) is 11.1. The number of nitrogens with zero attached hydrogens (tertiary/aromatic N) is 6. The lowest BCUT2D eigenvalue weighted by Crippen LogP contribution is -2.80. The quantitative estimate of drug-likeness (QED) is 0.227. The van der Waals surface area contributed by atoms with Crippen LogP contribution in [0.5, 0.6) is 0 Å². The van der Waals surface area contributed by atoms with Crippen LogP contribution in [0, 0.1) is 0 Å². The van der Waals surface area contributed by atoms with Gasteiger partial charge >= 0.3 is 12.1 Å². The standard InChI is InChI=1S/C21H20Cl2N8O6S3/c1-20(2,3)37-19(36)25-18-24-9(6-40-18)10(12(22)23)14(32)26-21(7-38)16(35)31-11(15(33)34)8(5-39-17(21)31)13-27-28-29-30(13)4/h6-7,17H,5H2,1-4H3,(H,26,32)(H,33,34)(H,24,25,36)/t17-,21?/m0/s1. The summed E-state index contributed by atoms with van der Waals surface area (Å²) in [5.41, 5.74) is -2.88. The van der Waals surface area contributed by atoms with Gasteiger partial charge in [0, 0.05) is 29.1 Å². The van der Waals surface area contributed by atoms with Crippen molar-refractivity contribution in [2.24, 2.45) is 7.05 Å². The molecule has 4 heterocycles. The number of ether oxygens (including phenoxy) is 1. The van der Waals surface area contributed by atoms with Gasteiger partial charge in [-0.2, -0.15) is 0 Å². The summed E-state index contributed by atoms with van der Waals surface area (Å²) in [6.45, 7) is 5.09. The molecule has 0 aromatic carbocycles. The Morgan fingerprint density at radius 1 is 1.32 bits per heavy atom. The highest BCUT2D eigenvalue weighted by atomic mass is 35.5. The molecule has 1 unspecified atom stereocenters. The number of rotatable bonds is 7. The summed E-state index contributed by atoms with van der Waals surface area (Å²) in [6, 6.07) is 0. The number of aliphatic carboxylic acids is 1. The molecule has 3 N–H and O–H groups in total. The van der Waals surface area contributed by atoms with Crippen LogP contribution in [0.3, 0.4) is 0 Å². The number of fused-ring (bicyclic) bond motifs is 1. The molecule has 0 saturated carbocycles. The van der Waals surface area contributed by atoms with Crippen LogP contribution in [0.25, 0.3) is 11.1 Å². The Hall–Kier alpha value is -3.12. The Labute approximate surface area is 250 Å². The summed E-state index contributed by atoms with van der Waals surface area (Å²) < 4.78 is 6.01. The summed E-state index contributed by atoms with van der Waals surface area (Å²) in [5, 5.41) is 27.8. The summed E-state index contributed by atoms with van der Waals surface area (Å²) in [5.74, 6) is -2.77. The SMILES string of the molecule is Cn1nnnc1C1=C(C(=O)O)N2C(=O)C(C=S)(NC(=O)C(=C(Cl)Cl)c3csc(NC(=O)OC(C)(C)C)n3)[C@@H]2SC1. The Morgan fingerprint density at radius 3 is 2.58 bits per heavy atom. The molecule has 212 valence electrons. The van der Waals surface area contributed by atoms with Crippen LogP contribution in [-0.4, -0.2) is 86.7 Å². The van der Waals surface area contributed by atoms with Crippen LogP contribution < -0.4 is 10.6 Å². The first-order chi connectivity index (χ1) is 18.7. The highest BCUT2D eigenvalue weighted by Gasteiger charge is 2.65. The van der Waals surface area contributed by atoms with E-state index in [2.05, 4.69) is 31.1 Å². The van der Waals surface area contributed by atoms with Crippen molar-refractivity contribution >= 4 is 104 Å². The molecule has 0 aliphatic carbocycles. The van der Waals surface area contributed by atoms with Gasteiger partial charge in [0.2, 0.25) is 0 Å². The molecule has 40 heavy (non-hydrogen) atoms. The average Bonchev–Trinajstić information content (AvgIpc) is 3.48. The zero-order valence-corrected chi connectivity index (χ0v) is 25.1. The number of aryl methyl sites for hydroxylation is 1. The molecule has 19 heteroatoms. The van der Waals surface area contributed by atoms with E-state index in [1.807, 2.05) is 0 Å². The Bertz CT molecular complexity index is 1490. The lowest BCUT2D eigenvalue weighted by atomic mass is 9.87. The second-order valence-corrected chi connectivity index (χ2v) is 12.4. The van der Waals surface area contributed by atoms with E-state index >= 15 is 0 Å². The van der Waals surface area contributed by atoms with Crippen LogP contribution >= 0.6 is 58.5 Å². The van der Waals surface area contributed by atoms with Crippen molar-refractivity contribution in [1.82, 2.24) is 35.4 Å². The van der Waals surface area contributed by atoms with Crippen LogP contribution in [-0.2, 0) is 26.2 Å². The molecule has 2 atom stereocenters. The second kappa shape index (κ2) is 11.0. The fourth-order valence-corrected chi connectivity index (χ4v) is 6.74. The number of thiocarbonyl (C=S) groups is 1. The van der Waals surface area contributed by atoms with Gasteiger partial charge in [-0.1, -0.05) is 35.4 Å². The van der Waals surface area contributed by atoms with Crippen LogP contribution in [0.2, 0.25) is 0 Å². The highest BCUT2D eigenvalue weighted by molar-refractivity contribution is 8.00. The number of amides is 3. The van der Waals surface area contributed by atoms with Crippen molar-refractivity contribution in [2.45, 2.75) is 37.3 Å². The minimum Gasteiger partial charge on any atom is -0.477 e. The highest BCUT2D eigenvalue weighted by Crippen LogP contribution is 2.47. The number of anilines is 1. The monoisotopic (exact) mass is 646 g/mol. The van der Waals surface area contributed by atoms with E-state index in [4.69, 9.17) is 40.2 Å². The molecule has 2 aliphatic heterocycles. The van der Waals surface area contributed by atoms with Crippen molar-refractivity contribution in [3.8, 4) is 0 Å². The van der Waals surface area contributed by atoms with Gasteiger partial charge in [-0.15, -0.1) is 28.2 Å². The minimum absolute atomic E-state index is 0.0104. The fourth-order valence-electron chi connectivity index (χ4n) is 3.88. The average molecular weight is 648 g/mol. The number of aromatic nitrogens is 5. The molecule has 2 aromatic heterocycles. The number of thioether (sulfide) groups is 1. The zero-order chi connectivity index (χ0) is 29.6. The number of carbonyl (C=O) groups excluding carboxylic acids is 3. The molecule has 0 bridgehead atoms. The van der Waals surface area contributed by atoms with Crippen molar-refractivity contribution < 1.29 is 29.0 Å². The Kier molecular flexibility index (Phi) is 8.24. The molecule has 2 aromatic rings. The minimum atomic E-state index is -1.76. The third-order valence-electron chi connectivity index (χ3n) is 5.49. The van der Waals surface area contributed by atoms with Crippen molar-refractivity contribution in [2.75, 3.05) is 11.1 Å². The summed E-state index contributed by atoms with van der Waals surface area (Å²) >= 11 is 19.3. The maximum Gasteiger partial charge on any atom is 0.413 e. The van der Waals surface area contributed by atoms with Crippen molar-refractivity contribution in [3.05, 3.63) is 27.1 Å². The number of carbonyl (C=O) groups is 4. The van der Waals surface area contributed by atoms with Gasteiger partial charge in [0.15, 0.2) is 16.5 Å². The third-order valence-corrected chi connectivity index (χ3v) is 8.35. The van der Waals surface area contributed by atoms with E-state index < -0.39 is 44.9 Å². The first-order valence-corrected chi connectivity index (χ1v) is 14.3.